The average Bonchev–Trinajstić information content (AvgIpc) is 3.33. The van der Waals surface area contributed by atoms with E-state index in [0.29, 0.717) is 59.8 Å². The van der Waals surface area contributed by atoms with Crippen LogP contribution in [-0.4, -0.2) is 49.6 Å². The van der Waals surface area contributed by atoms with Gasteiger partial charge in [0.15, 0.2) is 0 Å². The Morgan fingerprint density at radius 3 is 2.58 bits per heavy atom. The van der Waals surface area contributed by atoms with Crippen LogP contribution in [0.4, 0.5) is 24.5 Å². The van der Waals surface area contributed by atoms with Crippen molar-refractivity contribution in [3.8, 4) is 5.75 Å². The Hall–Kier alpha value is -3.53. The van der Waals surface area contributed by atoms with Crippen molar-refractivity contribution in [3.05, 3.63) is 59.2 Å². The van der Waals surface area contributed by atoms with Crippen LogP contribution < -0.4 is 19.9 Å². The Balaban J connectivity index is 1.22. The van der Waals surface area contributed by atoms with Gasteiger partial charge in [-0.2, -0.15) is 13.2 Å². The predicted molar refractivity (Wildman–Crippen MR) is 148 cm³/mol. The van der Waals surface area contributed by atoms with E-state index >= 15 is 0 Å². The minimum atomic E-state index is -4.57. The first-order valence-corrected chi connectivity index (χ1v) is 13.6. The lowest BCUT2D eigenvalue weighted by atomic mass is 9.89. The van der Waals surface area contributed by atoms with Crippen LogP contribution in [0.3, 0.4) is 0 Å². The zero-order valence-electron chi connectivity index (χ0n) is 22.2. The van der Waals surface area contributed by atoms with Crippen LogP contribution in [0.1, 0.15) is 37.8 Å². The van der Waals surface area contributed by atoms with Crippen molar-refractivity contribution in [1.29, 1.82) is 0 Å². The molecule has 2 heterocycles. The van der Waals surface area contributed by atoms with Gasteiger partial charge in [-0.15, -0.1) is 0 Å². The molecule has 2 amide bonds. The summed E-state index contributed by atoms with van der Waals surface area (Å²) >= 11 is 6.16. The smallest absolute Gasteiger partial charge is 0.433 e. The highest BCUT2D eigenvalue weighted by Crippen LogP contribution is 2.37. The SMILES string of the molecule is COc1cccc(N2CC(C(=O)N[C@H]3CC[C@@H](N(C)c4cc(C(F)(F)F)nc5ccc(Cl)cc45)CC3)CC2=O)c1. The summed E-state index contributed by atoms with van der Waals surface area (Å²) in [5.74, 6) is -0.0768. The van der Waals surface area contributed by atoms with Gasteiger partial charge < -0.3 is 19.9 Å². The van der Waals surface area contributed by atoms with Crippen LogP contribution in [0.2, 0.25) is 5.02 Å². The Bertz CT molecular complexity index is 1430. The molecule has 1 aliphatic carbocycles. The first-order chi connectivity index (χ1) is 19.0. The maximum atomic E-state index is 13.6. The van der Waals surface area contributed by atoms with Crippen LogP contribution in [-0.2, 0) is 15.8 Å². The largest absolute Gasteiger partial charge is 0.497 e. The molecule has 7 nitrogen and oxygen atoms in total. The molecule has 2 aliphatic rings. The molecule has 0 spiro atoms. The number of fused-ring (bicyclic) bond motifs is 1. The van der Waals surface area contributed by atoms with E-state index in [9.17, 15) is 22.8 Å². The van der Waals surface area contributed by atoms with E-state index in [4.69, 9.17) is 16.3 Å². The summed E-state index contributed by atoms with van der Waals surface area (Å²) in [6.07, 6.45) is -1.71. The maximum Gasteiger partial charge on any atom is 0.433 e. The lowest BCUT2D eigenvalue weighted by Gasteiger charge is -2.37. The molecule has 1 saturated carbocycles. The van der Waals surface area contributed by atoms with Gasteiger partial charge >= 0.3 is 6.18 Å². The van der Waals surface area contributed by atoms with Gasteiger partial charge in [-0.05, 0) is 62.1 Å². The summed E-state index contributed by atoms with van der Waals surface area (Å²) in [5.41, 5.74) is 0.409. The summed E-state index contributed by atoms with van der Waals surface area (Å²) in [5, 5.41) is 4.09. The molecule has 2 fully saturated rings. The highest BCUT2D eigenvalue weighted by Gasteiger charge is 2.37. The highest BCUT2D eigenvalue weighted by atomic mass is 35.5. The van der Waals surface area contributed by atoms with Gasteiger partial charge in [0.05, 0.1) is 18.5 Å². The number of rotatable bonds is 6. The number of anilines is 2. The van der Waals surface area contributed by atoms with Crippen LogP contribution in [0.15, 0.2) is 48.5 Å². The van der Waals surface area contributed by atoms with Crippen LogP contribution in [0.25, 0.3) is 10.9 Å². The number of amides is 2. The number of pyridine rings is 1. The van der Waals surface area contributed by atoms with Crippen molar-refractivity contribution in [2.24, 2.45) is 5.92 Å². The molecule has 11 heteroatoms. The number of carbonyl (C=O) groups is 2. The van der Waals surface area contributed by atoms with Gasteiger partial charge in [0.2, 0.25) is 11.8 Å². The van der Waals surface area contributed by atoms with Crippen molar-refractivity contribution in [1.82, 2.24) is 10.3 Å². The number of aromatic nitrogens is 1. The highest BCUT2D eigenvalue weighted by molar-refractivity contribution is 6.31. The molecule has 40 heavy (non-hydrogen) atoms. The van der Waals surface area contributed by atoms with Gasteiger partial charge in [-0.1, -0.05) is 17.7 Å². The zero-order chi connectivity index (χ0) is 28.6. The zero-order valence-corrected chi connectivity index (χ0v) is 22.9. The Morgan fingerprint density at radius 2 is 1.88 bits per heavy atom. The van der Waals surface area contributed by atoms with E-state index in [-0.39, 0.29) is 35.8 Å². The average molecular weight is 575 g/mol. The molecular formula is C29H30ClF3N4O3. The van der Waals surface area contributed by atoms with Crippen molar-refractivity contribution >= 4 is 45.7 Å². The first-order valence-electron chi connectivity index (χ1n) is 13.2. The minimum Gasteiger partial charge on any atom is -0.497 e. The number of nitrogens with one attached hydrogen (secondary N) is 1. The number of carbonyl (C=O) groups excluding carboxylic acids is 2. The normalized spacial score (nSPS) is 21.5. The fraction of sp³-hybridized carbons (Fsp3) is 0.414. The van der Waals surface area contributed by atoms with E-state index in [1.54, 1.807) is 43.3 Å². The van der Waals surface area contributed by atoms with E-state index in [1.807, 2.05) is 11.0 Å². The molecule has 0 radical (unpaired) electrons. The molecule has 1 aromatic heterocycles. The van der Waals surface area contributed by atoms with E-state index in [2.05, 4.69) is 10.3 Å². The summed E-state index contributed by atoms with van der Waals surface area (Å²) in [6.45, 7) is 0.301. The van der Waals surface area contributed by atoms with Crippen molar-refractivity contribution < 1.29 is 27.5 Å². The predicted octanol–water partition coefficient (Wildman–Crippen LogP) is 5.83. The molecule has 5 rings (SSSR count). The molecule has 212 valence electrons. The first kappa shape index (κ1) is 28.0. The molecule has 1 atom stereocenters. The van der Waals surface area contributed by atoms with Gasteiger partial charge in [0.25, 0.3) is 0 Å². The maximum absolute atomic E-state index is 13.6. The molecular weight excluding hydrogens is 545 g/mol. The second-order valence-corrected chi connectivity index (χ2v) is 10.9. The number of nitrogens with zero attached hydrogens (tertiary/aromatic N) is 3. The second-order valence-electron chi connectivity index (χ2n) is 10.4. The van der Waals surface area contributed by atoms with Crippen LogP contribution >= 0.6 is 11.6 Å². The standard InChI is InChI=1S/C29H30ClF3N4O3/c1-36(25-15-26(29(31,32)33)35-24-11-6-18(30)13-23(24)25)20-9-7-19(8-10-20)34-28(39)17-12-27(38)37(16-17)21-4-3-5-22(14-21)40-2/h3-6,11,13-15,17,19-20H,7-10,12,16H2,1-2H3,(H,34,39)/t17?,19-,20+. The third-order valence-electron chi connectivity index (χ3n) is 7.87. The molecule has 3 aromatic rings. The summed E-state index contributed by atoms with van der Waals surface area (Å²) < 4.78 is 46.0. The molecule has 1 unspecified atom stereocenters. The lowest BCUT2D eigenvalue weighted by Crippen LogP contribution is -2.45. The topological polar surface area (TPSA) is 74.8 Å². The summed E-state index contributed by atoms with van der Waals surface area (Å²) in [6, 6.07) is 12.9. The fourth-order valence-corrected chi connectivity index (χ4v) is 5.82. The minimum absolute atomic E-state index is 0.0181. The lowest BCUT2D eigenvalue weighted by molar-refractivity contribution is -0.141. The van der Waals surface area contributed by atoms with Crippen molar-refractivity contribution in [2.75, 3.05) is 30.5 Å². The third kappa shape index (κ3) is 5.82. The van der Waals surface area contributed by atoms with E-state index < -0.39 is 17.8 Å². The number of halogens is 4. The molecule has 1 saturated heterocycles. The van der Waals surface area contributed by atoms with Gasteiger partial charge in [-0.3, -0.25) is 9.59 Å². The second kappa shape index (κ2) is 11.2. The number of hydrogen-bond donors (Lipinski definition) is 1. The van der Waals surface area contributed by atoms with E-state index in [0.717, 1.165) is 6.07 Å². The van der Waals surface area contributed by atoms with Crippen molar-refractivity contribution in [3.63, 3.8) is 0 Å². The monoisotopic (exact) mass is 574 g/mol. The van der Waals surface area contributed by atoms with Gasteiger partial charge in [0, 0.05) is 59.9 Å². The molecule has 0 bridgehead atoms. The van der Waals surface area contributed by atoms with Gasteiger partial charge in [0.1, 0.15) is 11.4 Å². The third-order valence-corrected chi connectivity index (χ3v) is 8.11. The number of hydrogen-bond acceptors (Lipinski definition) is 5. The number of benzene rings is 2. The Labute approximate surface area is 235 Å². The number of ether oxygens (including phenoxy) is 1. The summed E-state index contributed by atoms with van der Waals surface area (Å²) in [7, 11) is 3.35. The van der Waals surface area contributed by atoms with Crippen LogP contribution in [0.5, 0.6) is 5.75 Å². The van der Waals surface area contributed by atoms with Crippen LogP contribution in [0, 0.1) is 5.92 Å². The van der Waals surface area contributed by atoms with E-state index in [1.165, 1.54) is 12.1 Å². The van der Waals surface area contributed by atoms with Crippen molar-refractivity contribution in [2.45, 2.75) is 50.4 Å². The van der Waals surface area contributed by atoms with Gasteiger partial charge in [-0.25, -0.2) is 4.98 Å². The molecule has 1 aliphatic heterocycles. The number of methoxy groups -OCH3 is 1. The number of alkyl halides is 3. The fourth-order valence-electron chi connectivity index (χ4n) is 5.65. The molecule has 1 N–H and O–H groups in total. The Morgan fingerprint density at radius 1 is 1.12 bits per heavy atom. The molecule has 2 aromatic carbocycles. The quantitative estimate of drug-likeness (QED) is 0.401. The summed E-state index contributed by atoms with van der Waals surface area (Å²) in [4.78, 5) is 33.0. The Kier molecular flexibility index (Phi) is 7.81.